The fourth-order valence-corrected chi connectivity index (χ4v) is 2.91. The van der Waals surface area contributed by atoms with E-state index in [-0.39, 0.29) is 6.10 Å². The minimum atomic E-state index is -0.0598. The van der Waals surface area contributed by atoms with Gasteiger partial charge in [-0.1, -0.05) is 13.8 Å². The molecule has 1 saturated heterocycles. The van der Waals surface area contributed by atoms with Gasteiger partial charge in [-0.25, -0.2) is 0 Å². The molecule has 0 aromatic rings. The van der Waals surface area contributed by atoms with Crippen LogP contribution in [0.25, 0.3) is 0 Å². The molecule has 0 aromatic heterocycles. The van der Waals surface area contributed by atoms with Crippen molar-refractivity contribution in [1.29, 1.82) is 0 Å². The standard InChI is InChI=1S/C13H26N2O/c1-3-15(4-2)12-7-8-14(9-12)10-13(16)11-5-6-11/h11-13,16H,3-10H2,1-2H3. The Labute approximate surface area is 99.4 Å². The highest BCUT2D eigenvalue weighted by Gasteiger charge is 2.33. The van der Waals surface area contributed by atoms with Crippen molar-refractivity contribution in [1.82, 2.24) is 9.80 Å². The van der Waals surface area contributed by atoms with Crippen LogP contribution in [0.2, 0.25) is 0 Å². The summed E-state index contributed by atoms with van der Waals surface area (Å²) >= 11 is 0. The SMILES string of the molecule is CCN(CC)C1CCN(CC(O)C2CC2)C1. The number of β-amino-alcohol motifs (C(OH)–C–C–N with tert-alkyl or cyclic N) is 1. The zero-order valence-corrected chi connectivity index (χ0v) is 10.7. The number of hydrogen-bond donors (Lipinski definition) is 1. The van der Waals surface area contributed by atoms with E-state index in [4.69, 9.17) is 0 Å². The zero-order chi connectivity index (χ0) is 11.5. The molecular weight excluding hydrogens is 200 g/mol. The Morgan fingerprint density at radius 3 is 2.50 bits per heavy atom. The predicted octanol–water partition coefficient (Wildman–Crippen LogP) is 1.17. The Hall–Kier alpha value is -0.120. The van der Waals surface area contributed by atoms with E-state index in [0.29, 0.717) is 5.92 Å². The third kappa shape index (κ3) is 2.96. The number of rotatable bonds is 6. The van der Waals surface area contributed by atoms with Gasteiger partial charge in [-0.15, -0.1) is 0 Å². The number of likely N-dealkylation sites (N-methyl/N-ethyl adjacent to an activating group) is 1. The summed E-state index contributed by atoms with van der Waals surface area (Å²) in [5, 5.41) is 9.93. The lowest BCUT2D eigenvalue weighted by Crippen LogP contribution is -2.39. The van der Waals surface area contributed by atoms with Gasteiger partial charge in [-0.2, -0.15) is 0 Å². The van der Waals surface area contributed by atoms with Crippen LogP contribution < -0.4 is 0 Å². The van der Waals surface area contributed by atoms with E-state index in [1.165, 1.54) is 25.8 Å². The van der Waals surface area contributed by atoms with Gasteiger partial charge in [-0.05, 0) is 44.8 Å². The lowest BCUT2D eigenvalue weighted by atomic mass is 10.2. The van der Waals surface area contributed by atoms with Crippen molar-refractivity contribution in [2.45, 2.75) is 45.3 Å². The molecule has 2 atom stereocenters. The molecule has 2 aliphatic rings. The third-order valence-corrected chi connectivity index (χ3v) is 4.19. The molecule has 1 N–H and O–H groups in total. The largest absolute Gasteiger partial charge is 0.392 e. The van der Waals surface area contributed by atoms with E-state index in [1.807, 2.05) is 0 Å². The summed E-state index contributed by atoms with van der Waals surface area (Å²) in [6, 6.07) is 0.724. The molecule has 0 aromatic carbocycles. The lowest BCUT2D eigenvalue weighted by Gasteiger charge is -2.26. The van der Waals surface area contributed by atoms with Gasteiger partial charge in [0.05, 0.1) is 6.10 Å². The van der Waals surface area contributed by atoms with Crippen LogP contribution in [-0.2, 0) is 0 Å². The number of aliphatic hydroxyl groups is 1. The van der Waals surface area contributed by atoms with Crippen molar-refractivity contribution in [3.8, 4) is 0 Å². The number of hydrogen-bond acceptors (Lipinski definition) is 3. The highest BCUT2D eigenvalue weighted by atomic mass is 16.3. The Bertz CT molecular complexity index is 214. The smallest absolute Gasteiger partial charge is 0.0695 e. The normalized spacial score (nSPS) is 28.9. The summed E-state index contributed by atoms with van der Waals surface area (Å²) in [7, 11) is 0. The van der Waals surface area contributed by atoms with Gasteiger partial charge in [-0.3, -0.25) is 9.80 Å². The molecule has 16 heavy (non-hydrogen) atoms. The summed E-state index contributed by atoms with van der Waals surface area (Å²) < 4.78 is 0. The number of nitrogens with zero attached hydrogens (tertiary/aromatic N) is 2. The maximum Gasteiger partial charge on any atom is 0.0695 e. The molecule has 3 heteroatoms. The molecule has 0 amide bonds. The summed E-state index contributed by atoms with van der Waals surface area (Å²) in [4.78, 5) is 5.00. The molecule has 94 valence electrons. The molecule has 2 rings (SSSR count). The highest BCUT2D eigenvalue weighted by molar-refractivity contribution is 4.87. The van der Waals surface area contributed by atoms with Gasteiger partial charge in [0.2, 0.25) is 0 Å². The Balaban J connectivity index is 1.73. The van der Waals surface area contributed by atoms with Crippen LogP contribution in [0, 0.1) is 5.92 Å². The van der Waals surface area contributed by atoms with Gasteiger partial charge < -0.3 is 5.11 Å². The topological polar surface area (TPSA) is 26.7 Å². The van der Waals surface area contributed by atoms with E-state index < -0.39 is 0 Å². The molecule has 3 nitrogen and oxygen atoms in total. The Morgan fingerprint density at radius 1 is 1.25 bits per heavy atom. The highest BCUT2D eigenvalue weighted by Crippen LogP contribution is 2.33. The summed E-state index contributed by atoms with van der Waals surface area (Å²) in [5.41, 5.74) is 0. The maximum atomic E-state index is 9.93. The average molecular weight is 226 g/mol. The van der Waals surface area contributed by atoms with Crippen LogP contribution in [0.4, 0.5) is 0 Å². The summed E-state index contributed by atoms with van der Waals surface area (Å²) in [6.07, 6.45) is 3.71. The van der Waals surface area contributed by atoms with Crippen molar-refractivity contribution in [2.75, 3.05) is 32.7 Å². The quantitative estimate of drug-likeness (QED) is 0.736. The predicted molar refractivity (Wildman–Crippen MR) is 66.5 cm³/mol. The molecule has 2 unspecified atom stereocenters. The summed E-state index contributed by atoms with van der Waals surface area (Å²) in [5.74, 6) is 0.618. The summed E-state index contributed by atoms with van der Waals surface area (Å²) in [6.45, 7) is 10.0. The van der Waals surface area contributed by atoms with Gasteiger partial charge >= 0.3 is 0 Å². The zero-order valence-electron chi connectivity index (χ0n) is 10.7. The molecule has 1 aliphatic heterocycles. The molecule has 1 heterocycles. The molecule has 0 spiro atoms. The van der Waals surface area contributed by atoms with Crippen molar-refractivity contribution in [3.05, 3.63) is 0 Å². The monoisotopic (exact) mass is 226 g/mol. The second kappa shape index (κ2) is 5.48. The molecule has 1 aliphatic carbocycles. The van der Waals surface area contributed by atoms with Gasteiger partial charge in [0.1, 0.15) is 0 Å². The van der Waals surface area contributed by atoms with E-state index in [0.717, 1.165) is 32.2 Å². The maximum absolute atomic E-state index is 9.93. The third-order valence-electron chi connectivity index (χ3n) is 4.19. The lowest BCUT2D eigenvalue weighted by molar-refractivity contribution is 0.101. The van der Waals surface area contributed by atoms with Crippen LogP contribution in [0.1, 0.15) is 33.1 Å². The van der Waals surface area contributed by atoms with Crippen molar-refractivity contribution in [3.63, 3.8) is 0 Å². The first-order chi connectivity index (χ1) is 7.74. The van der Waals surface area contributed by atoms with E-state index in [2.05, 4.69) is 23.6 Å². The fraction of sp³-hybridized carbons (Fsp3) is 1.00. The molecular formula is C13H26N2O. The van der Waals surface area contributed by atoms with Crippen LogP contribution in [0.3, 0.4) is 0 Å². The first kappa shape index (κ1) is 12.3. The van der Waals surface area contributed by atoms with E-state index >= 15 is 0 Å². The second-order valence-corrected chi connectivity index (χ2v) is 5.33. The van der Waals surface area contributed by atoms with Crippen LogP contribution in [0.15, 0.2) is 0 Å². The Kier molecular flexibility index (Phi) is 4.22. The van der Waals surface area contributed by atoms with Crippen molar-refractivity contribution in [2.24, 2.45) is 5.92 Å². The van der Waals surface area contributed by atoms with Gasteiger partial charge in [0.25, 0.3) is 0 Å². The minimum absolute atomic E-state index is 0.0598. The van der Waals surface area contributed by atoms with Gasteiger partial charge in [0.15, 0.2) is 0 Å². The van der Waals surface area contributed by atoms with Crippen LogP contribution in [-0.4, -0.2) is 59.8 Å². The number of aliphatic hydroxyl groups excluding tert-OH is 1. The van der Waals surface area contributed by atoms with Gasteiger partial charge in [0, 0.05) is 19.1 Å². The van der Waals surface area contributed by atoms with Crippen molar-refractivity contribution >= 4 is 0 Å². The molecule has 0 bridgehead atoms. The molecule has 1 saturated carbocycles. The minimum Gasteiger partial charge on any atom is -0.392 e. The first-order valence-corrected chi connectivity index (χ1v) is 6.89. The second-order valence-electron chi connectivity index (χ2n) is 5.33. The van der Waals surface area contributed by atoms with Crippen molar-refractivity contribution < 1.29 is 5.11 Å². The Morgan fingerprint density at radius 2 is 1.94 bits per heavy atom. The average Bonchev–Trinajstić information content (AvgIpc) is 3.04. The van der Waals surface area contributed by atoms with Crippen LogP contribution >= 0.6 is 0 Å². The van der Waals surface area contributed by atoms with Crippen LogP contribution in [0.5, 0.6) is 0 Å². The number of likely N-dealkylation sites (tertiary alicyclic amines) is 1. The first-order valence-electron chi connectivity index (χ1n) is 6.89. The molecule has 2 fully saturated rings. The van der Waals surface area contributed by atoms with E-state index in [9.17, 15) is 5.11 Å². The molecule has 0 radical (unpaired) electrons. The fourth-order valence-electron chi connectivity index (χ4n) is 2.91. The van der Waals surface area contributed by atoms with E-state index in [1.54, 1.807) is 0 Å².